The Balaban J connectivity index is 2.44. The molecule has 1 amide bonds. The number of thioether (sulfide) groups is 1. The molecule has 1 heterocycles. The maximum Gasteiger partial charge on any atom is 0.230 e. The van der Waals surface area contributed by atoms with Crippen LogP contribution in [0.15, 0.2) is 23.4 Å². The highest BCUT2D eigenvalue weighted by atomic mass is 32.2. The van der Waals surface area contributed by atoms with E-state index in [0.717, 1.165) is 10.6 Å². The first-order chi connectivity index (χ1) is 7.99. The lowest BCUT2D eigenvalue weighted by Gasteiger charge is -2.08. The maximum absolute atomic E-state index is 11.4. The van der Waals surface area contributed by atoms with Gasteiger partial charge in [0, 0.05) is 18.3 Å². The highest BCUT2D eigenvalue weighted by Gasteiger charge is 2.05. The normalized spacial score (nSPS) is 12.5. The number of hydrogen-bond acceptors (Lipinski definition) is 4. The Hall–Kier alpha value is -1.07. The molecule has 94 valence electrons. The number of aromatic nitrogens is 1. The van der Waals surface area contributed by atoms with E-state index in [9.17, 15) is 4.79 Å². The quantitative estimate of drug-likeness (QED) is 0.784. The molecule has 4 nitrogen and oxygen atoms in total. The average molecular weight is 253 g/mol. The number of carbonyl (C=O) groups is 1. The fraction of sp³-hybridized carbons (Fsp3) is 0.500. The summed E-state index contributed by atoms with van der Waals surface area (Å²) in [6, 6.07) is 4.01. The van der Waals surface area contributed by atoms with Crippen molar-refractivity contribution in [2.24, 2.45) is 5.73 Å². The van der Waals surface area contributed by atoms with Gasteiger partial charge in [-0.25, -0.2) is 4.98 Å². The number of nitrogens with two attached hydrogens (primary N) is 1. The molecule has 0 bridgehead atoms. The van der Waals surface area contributed by atoms with E-state index in [4.69, 9.17) is 5.73 Å². The molecule has 1 aromatic rings. The lowest BCUT2D eigenvalue weighted by Crippen LogP contribution is -2.31. The van der Waals surface area contributed by atoms with Crippen LogP contribution in [0.4, 0.5) is 0 Å². The van der Waals surface area contributed by atoms with E-state index in [-0.39, 0.29) is 18.0 Å². The topological polar surface area (TPSA) is 68.0 Å². The van der Waals surface area contributed by atoms with Gasteiger partial charge in [-0.1, -0.05) is 17.8 Å². The molecule has 0 aliphatic heterocycles. The van der Waals surface area contributed by atoms with Gasteiger partial charge in [-0.2, -0.15) is 0 Å². The molecule has 0 saturated carbocycles. The van der Waals surface area contributed by atoms with E-state index in [0.29, 0.717) is 5.75 Å². The molecule has 0 unspecified atom stereocenters. The van der Waals surface area contributed by atoms with Crippen LogP contribution in [0.25, 0.3) is 0 Å². The SMILES string of the molecule is CC(C)NC(=O)CSc1ccc([C@H](C)N)cn1. The van der Waals surface area contributed by atoms with E-state index >= 15 is 0 Å². The average Bonchev–Trinajstić information content (AvgIpc) is 2.26. The van der Waals surface area contributed by atoms with Gasteiger partial charge in [-0.05, 0) is 32.4 Å². The predicted molar refractivity (Wildman–Crippen MR) is 70.8 cm³/mol. The molecular formula is C12H19N3OS. The van der Waals surface area contributed by atoms with E-state index in [2.05, 4.69) is 10.3 Å². The van der Waals surface area contributed by atoms with Crippen molar-refractivity contribution >= 4 is 17.7 Å². The molecule has 0 spiro atoms. The molecule has 0 aromatic carbocycles. The van der Waals surface area contributed by atoms with Gasteiger partial charge in [0.05, 0.1) is 10.8 Å². The van der Waals surface area contributed by atoms with Crippen LogP contribution in [0.3, 0.4) is 0 Å². The Morgan fingerprint density at radius 2 is 2.18 bits per heavy atom. The summed E-state index contributed by atoms with van der Waals surface area (Å²) >= 11 is 1.43. The lowest BCUT2D eigenvalue weighted by atomic mass is 10.2. The molecule has 0 aliphatic rings. The summed E-state index contributed by atoms with van der Waals surface area (Å²) in [5, 5.41) is 3.68. The summed E-state index contributed by atoms with van der Waals surface area (Å²) in [5.41, 5.74) is 6.73. The minimum atomic E-state index is -0.00853. The van der Waals surface area contributed by atoms with Crippen molar-refractivity contribution < 1.29 is 4.79 Å². The zero-order valence-electron chi connectivity index (χ0n) is 10.4. The van der Waals surface area contributed by atoms with Crippen LogP contribution in [0.5, 0.6) is 0 Å². The number of nitrogens with zero attached hydrogens (tertiary/aromatic N) is 1. The molecule has 0 fully saturated rings. The minimum Gasteiger partial charge on any atom is -0.353 e. The largest absolute Gasteiger partial charge is 0.353 e. The highest BCUT2D eigenvalue weighted by molar-refractivity contribution is 7.99. The van der Waals surface area contributed by atoms with Crippen molar-refractivity contribution in [1.82, 2.24) is 10.3 Å². The number of carbonyl (C=O) groups excluding carboxylic acids is 1. The Kier molecular flexibility index (Phi) is 5.44. The second-order valence-electron chi connectivity index (χ2n) is 4.23. The van der Waals surface area contributed by atoms with Gasteiger partial charge in [0.2, 0.25) is 5.91 Å². The molecular weight excluding hydrogens is 234 g/mol. The van der Waals surface area contributed by atoms with Crippen molar-refractivity contribution in [1.29, 1.82) is 0 Å². The third-order valence-corrected chi connectivity index (χ3v) is 3.03. The van der Waals surface area contributed by atoms with Gasteiger partial charge in [0.15, 0.2) is 0 Å². The van der Waals surface area contributed by atoms with Crippen LogP contribution in [0.2, 0.25) is 0 Å². The zero-order valence-corrected chi connectivity index (χ0v) is 11.3. The van der Waals surface area contributed by atoms with Gasteiger partial charge in [0.25, 0.3) is 0 Å². The molecule has 0 aliphatic carbocycles. The van der Waals surface area contributed by atoms with E-state index in [1.54, 1.807) is 6.20 Å². The lowest BCUT2D eigenvalue weighted by molar-refractivity contribution is -0.119. The second kappa shape index (κ2) is 6.61. The first-order valence-corrected chi connectivity index (χ1v) is 6.61. The number of rotatable bonds is 5. The van der Waals surface area contributed by atoms with Crippen LogP contribution in [0.1, 0.15) is 32.4 Å². The summed E-state index contributed by atoms with van der Waals surface area (Å²) < 4.78 is 0. The van der Waals surface area contributed by atoms with E-state index in [1.807, 2.05) is 32.9 Å². The molecule has 5 heteroatoms. The molecule has 17 heavy (non-hydrogen) atoms. The fourth-order valence-corrected chi connectivity index (χ4v) is 1.90. The van der Waals surface area contributed by atoms with Gasteiger partial charge in [-0.3, -0.25) is 4.79 Å². The summed E-state index contributed by atoms with van der Waals surface area (Å²) in [7, 11) is 0. The fourth-order valence-electron chi connectivity index (χ4n) is 1.25. The van der Waals surface area contributed by atoms with Crippen LogP contribution in [-0.2, 0) is 4.79 Å². The van der Waals surface area contributed by atoms with Crippen molar-refractivity contribution in [2.45, 2.75) is 37.9 Å². The van der Waals surface area contributed by atoms with Gasteiger partial charge in [0.1, 0.15) is 0 Å². The van der Waals surface area contributed by atoms with Gasteiger partial charge < -0.3 is 11.1 Å². The predicted octanol–water partition coefficient (Wildman–Crippen LogP) is 1.72. The second-order valence-corrected chi connectivity index (χ2v) is 5.22. The molecule has 1 aromatic heterocycles. The summed E-state index contributed by atoms with van der Waals surface area (Å²) in [6.07, 6.45) is 1.76. The Labute approximate surface area is 106 Å². The third kappa shape index (κ3) is 5.19. The van der Waals surface area contributed by atoms with E-state index < -0.39 is 0 Å². The van der Waals surface area contributed by atoms with Crippen molar-refractivity contribution in [3.8, 4) is 0 Å². The smallest absolute Gasteiger partial charge is 0.230 e. The van der Waals surface area contributed by atoms with Crippen LogP contribution in [-0.4, -0.2) is 22.7 Å². The highest BCUT2D eigenvalue weighted by Crippen LogP contribution is 2.16. The standard InChI is InChI=1S/C12H19N3OS/c1-8(2)15-11(16)7-17-12-5-4-10(6-14-12)9(3)13/h4-6,8-9H,7,13H2,1-3H3,(H,15,16)/t9-/m0/s1. The van der Waals surface area contributed by atoms with Gasteiger partial charge >= 0.3 is 0 Å². The van der Waals surface area contributed by atoms with Crippen LogP contribution >= 0.6 is 11.8 Å². The number of hydrogen-bond donors (Lipinski definition) is 2. The van der Waals surface area contributed by atoms with Crippen LogP contribution < -0.4 is 11.1 Å². The third-order valence-electron chi connectivity index (χ3n) is 2.09. The molecule has 1 atom stereocenters. The van der Waals surface area contributed by atoms with Crippen LogP contribution in [0, 0.1) is 0 Å². The van der Waals surface area contributed by atoms with Crippen molar-refractivity contribution in [2.75, 3.05) is 5.75 Å². The van der Waals surface area contributed by atoms with Crippen molar-refractivity contribution in [3.05, 3.63) is 23.9 Å². The van der Waals surface area contributed by atoms with E-state index in [1.165, 1.54) is 11.8 Å². The molecule has 3 N–H and O–H groups in total. The first-order valence-electron chi connectivity index (χ1n) is 5.62. The number of amides is 1. The monoisotopic (exact) mass is 253 g/mol. The Morgan fingerprint density at radius 3 is 2.65 bits per heavy atom. The minimum absolute atomic E-state index is 0.00853. The van der Waals surface area contributed by atoms with Gasteiger partial charge in [-0.15, -0.1) is 0 Å². The maximum atomic E-state index is 11.4. The molecule has 1 rings (SSSR count). The molecule has 0 radical (unpaired) electrons. The molecule has 0 saturated heterocycles. The summed E-state index contributed by atoms with van der Waals surface area (Å²) in [5.74, 6) is 0.422. The number of nitrogens with one attached hydrogen (secondary N) is 1. The number of pyridine rings is 1. The Morgan fingerprint density at radius 1 is 1.47 bits per heavy atom. The zero-order chi connectivity index (χ0) is 12.8. The summed E-state index contributed by atoms with van der Waals surface area (Å²) in [6.45, 7) is 5.80. The van der Waals surface area contributed by atoms with Crippen molar-refractivity contribution in [3.63, 3.8) is 0 Å². The summed E-state index contributed by atoms with van der Waals surface area (Å²) in [4.78, 5) is 15.7. The Bertz CT molecular complexity index is 363. The first kappa shape index (κ1) is 14.0.